The molecule has 0 atom stereocenters. The second-order valence-corrected chi connectivity index (χ2v) is 7.36. The average Bonchev–Trinajstić information content (AvgIpc) is 3.33. The Kier molecular flexibility index (Phi) is 5.53. The number of tetrazole rings is 1. The Morgan fingerprint density at radius 1 is 1.11 bits per heavy atom. The highest BCUT2D eigenvalue weighted by atomic mass is 15.5. The summed E-state index contributed by atoms with van der Waals surface area (Å²) >= 11 is 0. The maximum Gasteiger partial charge on any atom is 0.151 e. The molecule has 8 heteroatoms. The van der Waals surface area contributed by atoms with Crippen LogP contribution in [0, 0.1) is 5.92 Å². The Balaban J connectivity index is 1.47. The fraction of sp³-hybridized carbons (Fsp3) is 0.526. The van der Waals surface area contributed by atoms with Crippen LogP contribution in [-0.4, -0.2) is 60.0 Å². The first-order valence-electron chi connectivity index (χ1n) is 9.62. The monoisotopic (exact) mass is 366 g/mol. The maximum absolute atomic E-state index is 4.83. The number of piperidine rings is 1. The first kappa shape index (κ1) is 17.8. The summed E-state index contributed by atoms with van der Waals surface area (Å²) in [6.07, 6.45) is 5.94. The molecular weight excluding hydrogens is 340 g/mol. The molecule has 1 aliphatic rings. The summed E-state index contributed by atoms with van der Waals surface area (Å²) in [4.78, 5) is 7.23. The van der Waals surface area contributed by atoms with Crippen LogP contribution in [0.1, 0.15) is 30.1 Å². The minimum Gasteiger partial charge on any atom is -0.306 e. The number of hydrogen-bond donors (Lipinski definition) is 0. The Labute approximate surface area is 159 Å². The van der Waals surface area contributed by atoms with E-state index in [0.29, 0.717) is 12.5 Å². The van der Waals surface area contributed by atoms with E-state index in [1.165, 1.54) is 18.4 Å². The van der Waals surface area contributed by atoms with Gasteiger partial charge in [0, 0.05) is 13.0 Å². The van der Waals surface area contributed by atoms with Crippen molar-refractivity contribution in [2.45, 2.75) is 38.8 Å². The number of hydrogen-bond acceptors (Lipinski definition) is 6. The summed E-state index contributed by atoms with van der Waals surface area (Å²) in [5, 5.41) is 16.2. The topological polar surface area (TPSA) is 77.5 Å². The first-order chi connectivity index (χ1) is 13.3. The highest BCUT2D eigenvalue weighted by Crippen LogP contribution is 2.20. The van der Waals surface area contributed by atoms with Crippen LogP contribution in [0.4, 0.5) is 0 Å². The predicted octanol–water partition coefficient (Wildman–Crippen LogP) is 1.44. The van der Waals surface area contributed by atoms with Gasteiger partial charge in [0.2, 0.25) is 0 Å². The minimum absolute atomic E-state index is 0.544. The predicted molar refractivity (Wildman–Crippen MR) is 101 cm³/mol. The SMILES string of the molecule is CN1CCC(Cc2nc(Cn3cnnn3)n(CCc3ccccc3)n2)CC1. The van der Waals surface area contributed by atoms with Crippen LogP contribution in [0.15, 0.2) is 36.7 Å². The van der Waals surface area contributed by atoms with E-state index in [1.807, 2.05) is 10.7 Å². The largest absolute Gasteiger partial charge is 0.306 e. The third-order valence-corrected chi connectivity index (χ3v) is 5.25. The zero-order valence-electron chi connectivity index (χ0n) is 15.8. The second-order valence-electron chi connectivity index (χ2n) is 7.36. The van der Waals surface area contributed by atoms with E-state index < -0.39 is 0 Å². The minimum atomic E-state index is 0.544. The molecule has 0 N–H and O–H groups in total. The summed E-state index contributed by atoms with van der Waals surface area (Å²) < 4.78 is 3.72. The van der Waals surface area contributed by atoms with E-state index in [0.717, 1.165) is 44.1 Å². The molecule has 1 aromatic carbocycles. The summed E-state index contributed by atoms with van der Waals surface area (Å²) in [5.74, 6) is 2.54. The summed E-state index contributed by atoms with van der Waals surface area (Å²) in [5.41, 5.74) is 1.30. The van der Waals surface area contributed by atoms with E-state index in [2.05, 4.69) is 51.7 Å². The van der Waals surface area contributed by atoms with Gasteiger partial charge in [-0.05, 0) is 61.3 Å². The summed E-state index contributed by atoms with van der Waals surface area (Å²) in [6.45, 7) is 3.68. The Morgan fingerprint density at radius 2 is 1.93 bits per heavy atom. The molecule has 2 aromatic heterocycles. The zero-order valence-corrected chi connectivity index (χ0v) is 15.8. The molecular formula is C19H26N8. The lowest BCUT2D eigenvalue weighted by molar-refractivity contribution is 0.217. The van der Waals surface area contributed by atoms with Gasteiger partial charge < -0.3 is 4.90 Å². The number of likely N-dealkylation sites (tertiary alicyclic amines) is 1. The van der Waals surface area contributed by atoms with Gasteiger partial charge in [0.1, 0.15) is 18.7 Å². The molecule has 4 rings (SSSR count). The van der Waals surface area contributed by atoms with Crippen molar-refractivity contribution in [1.82, 2.24) is 39.9 Å². The standard InChI is InChI=1S/C19H26N8/c1-25-10-7-17(8-11-25)13-18-21-19(14-26-15-20-23-24-26)27(22-18)12-9-16-5-3-2-4-6-16/h2-6,15,17H,7-14H2,1H3. The van der Waals surface area contributed by atoms with Crippen molar-refractivity contribution >= 4 is 0 Å². The molecule has 27 heavy (non-hydrogen) atoms. The highest BCUT2D eigenvalue weighted by molar-refractivity contribution is 5.14. The molecule has 8 nitrogen and oxygen atoms in total. The van der Waals surface area contributed by atoms with E-state index in [9.17, 15) is 0 Å². The van der Waals surface area contributed by atoms with Gasteiger partial charge >= 0.3 is 0 Å². The molecule has 0 spiro atoms. The lowest BCUT2D eigenvalue weighted by Gasteiger charge is -2.28. The molecule has 1 fully saturated rings. The third kappa shape index (κ3) is 4.77. The van der Waals surface area contributed by atoms with Crippen molar-refractivity contribution < 1.29 is 0 Å². The normalized spacial score (nSPS) is 16.0. The van der Waals surface area contributed by atoms with Crippen LogP contribution >= 0.6 is 0 Å². The van der Waals surface area contributed by atoms with Crippen LogP contribution in [0.25, 0.3) is 0 Å². The maximum atomic E-state index is 4.83. The van der Waals surface area contributed by atoms with E-state index in [1.54, 1.807) is 11.0 Å². The van der Waals surface area contributed by atoms with Gasteiger partial charge in [-0.3, -0.25) is 0 Å². The van der Waals surface area contributed by atoms with Crippen LogP contribution in [0.3, 0.4) is 0 Å². The van der Waals surface area contributed by atoms with Gasteiger partial charge in [0.25, 0.3) is 0 Å². The van der Waals surface area contributed by atoms with E-state index in [-0.39, 0.29) is 0 Å². The molecule has 0 aliphatic carbocycles. The van der Waals surface area contributed by atoms with Crippen LogP contribution in [-0.2, 0) is 25.9 Å². The average molecular weight is 366 g/mol. The van der Waals surface area contributed by atoms with Gasteiger partial charge in [-0.2, -0.15) is 5.10 Å². The van der Waals surface area contributed by atoms with Crippen LogP contribution in [0.5, 0.6) is 0 Å². The lowest BCUT2D eigenvalue weighted by Crippen LogP contribution is -2.31. The zero-order chi connectivity index (χ0) is 18.5. The summed E-state index contributed by atoms with van der Waals surface area (Å²) in [7, 11) is 2.19. The molecule has 0 radical (unpaired) electrons. The Bertz CT molecular complexity index is 819. The fourth-order valence-corrected chi connectivity index (χ4v) is 3.61. The number of benzene rings is 1. The van der Waals surface area contributed by atoms with Crippen molar-refractivity contribution in [1.29, 1.82) is 0 Å². The molecule has 142 valence electrons. The molecule has 1 saturated heterocycles. The van der Waals surface area contributed by atoms with Gasteiger partial charge in [0.05, 0.1) is 0 Å². The fourth-order valence-electron chi connectivity index (χ4n) is 3.61. The van der Waals surface area contributed by atoms with Crippen molar-refractivity contribution in [3.8, 4) is 0 Å². The molecule has 0 saturated carbocycles. The van der Waals surface area contributed by atoms with Gasteiger partial charge in [-0.1, -0.05) is 30.3 Å². The Morgan fingerprint density at radius 3 is 2.67 bits per heavy atom. The van der Waals surface area contributed by atoms with Crippen molar-refractivity contribution in [2.24, 2.45) is 5.92 Å². The van der Waals surface area contributed by atoms with Crippen molar-refractivity contribution in [2.75, 3.05) is 20.1 Å². The van der Waals surface area contributed by atoms with Crippen molar-refractivity contribution in [3.05, 3.63) is 53.9 Å². The molecule has 3 aromatic rings. The number of aryl methyl sites for hydroxylation is 2. The molecule has 0 bridgehead atoms. The van der Waals surface area contributed by atoms with Gasteiger partial charge in [-0.15, -0.1) is 5.10 Å². The van der Waals surface area contributed by atoms with Crippen molar-refractivity contribution in [3.63, 3.8) is 0 Å². The quantitative estimate of drug-likeness (QED) is 0.630. The number of nitrogens with zero attached hydrogens (tertiary/aromatic N) is 8. The van der Waals surface area contributed by atoms with E-state index in [4.69, 9.17) is 10.1 Å². The highest BCUT2D eigenvalue weighted by Gasteiger charge is 2.20. The molecule has 1 aliphatic heterocycles. The van der Waals surface area contributed by atoms with Gasteiger partial charge in [0.15, 0.2) is 5.82 Å². The van der Waals surface area contributed by atoms with E-state index >= 15 is 0 Å². The second kappa shape index (κ2) is 8.39. The van der Waals surface area contributed by atoms with Crippen LogP contribution in [0.2, 0.25) is 0 Å². The summed E-state index contributed by atoms with van der Waals surface area (Å²) in [6, 6.07) is 10.5. The number of aromatic nitrogens is 7. The smallest absolute Gasteiger partial charge is 0.151 e. The molecule has 0 unspecified atom stereocenters. The lowest BCUT2D eigenvalue weighted by atomic mass is 9.94. The Hall–Kier alpha value is -2.61. The van der Waals surface area contributed by atoms with Crippen LogP contribution < -0.4 is 0 Å². The third-order valence-electron chi connectivity index (χ3n) is 5.25. The molecule has 0 amide bonds. The number of rotatable bonds is 7. The first-order valence-corrected chi connectivity index (χ1v) is 9.62. The molecule has 3 heterocycles. The van der Waals surface area contributed by atoms with Gasteiger partial charge in [-0.25, -0.2) is 14.3 Å².